The average Bonchev–Trinajstić information content (AvgIpc) is 3.36. The molecule has 1 spiro atoms. The Kier molecular flexibility index (Phi) is 7.80. The third-order valence-corrected chi connectivity index (χ3v) is 11.8. The number of rotatable bonds is 8. The topological polar surface area (TPSA) is 58.6 Å². The van der Waals surface area contributed by atoms with Crippen molar-refractivity contribution < 1.29 is 14.3 Å². The van der Waals surface area contributed by atoms with Gasteiger partial charge >= 0.3 is 5.97 Å². The van der Waals surface area contributed by atoms with Crippen molar-refractivity contribution in [2.45, 2.75) is 47.2 Å². The maximum atomic E-state index is 14.3. The number of nitrogens with zero attached hydrogens (tertiary/aromatic N) is 1. The van der Waals surface area contributed by atoms with Crippen molar-refractivity contribution in [2.24, 2.45) is 0 Å². The van der Waals surface area contributed by atoms with E-state index in [1.807, 2.05) is 113 Å². The van der Waals surface area contributed by atoms with Crippen LogP contribution in [0, 0.1) is 0 Å². The van der Waals surface area contributed by atoms with Crippen molar-refractivity contribution >= 4 is 35.4 Å². The van der Waals surface area contributed by atoms with Crippen molar-refractivity contribution in [3.05, 3.63) is 144 Å². The van der Waals surface area contributed by atoms with Crippen LogP contribution in [0.25, 0.3) is 0 Å². The molecule has 43 heavy (non-hydrogen) atoms. The number of thioether (sulfide) groups is 2. The molecule has 1 N–H and O–H groups in total. The highest BCUT2D eigenvalue weighted by Gasteiger charge is 2.68. The molecule has 3 saturated heterocycles. The van der Waals surface area contributed by atoms with Crippen molar-refractivity contribution in [3.8, 4) is 0 Å². The predicted octanol–water partition coefficient (Wildman–Crippen LogP) is 6.23. The summed E-state index contributed by atoms with van der Waals surface area (Å²) in [4.78, 5) is 29.9. The third-order valence-electron chi connectivity index (χ3n) is 8.99. The molecule has 3 heterocycles. The second-order valence-corrected chi connectivity index (χ2v) is 14.2. The molecule has 3 atom stereocenters. The predicted molar refractivity (Wildman–Crippen MR) is 174 cm³/mol. The van der Waals surface area contributed by atoms with E-state index >= 15 is 0 Å². The number of hydrogen-bond donors (Lipinski definition) is 1. The third kappa shape index (κ3) is 4.97. The number of carbonyl (C=O) groups is 2. The molecule has 0 aliphatic carbocycles. The van der Waals surface area contributed by atoms with Crippen molar-refractivity contribution in [2.75, 3.05) is 11.5 Å². The van der Waals surface area contributed by atoms with Gasteiger partial charge in [0.2, 0.25) is 5.91 Å². The monoisotopic (exact) mass is 606 g/mol. The fourth-order valence-corrected chi connectivity index (χ4v) is 10.3. The number of hydrogen-bond acceptors (Lipinski definition) is 6. The molecule has 4 aromatic carbocycles. The van der Waals surface area contributed by atoms with Gasteiger partial charge in [0.25, 0.3) is 0 Å². The number of benzene rings is 4. The molecule has 3 fully saturated rings. The normalized spacial score (nSPS) is 22.6. The van der Waals surface area contributed by atoms with Crippen LogP contribution in [0.3, 0.4) is 0 Å². The first-order valence-corrected chi connectivity index (χ1v) is 16.9. The molecule has 3 aliphatic heterocycles. The number of amides is 1. The van der Waals surface area contributed by atoms with Gasteiger partial charge in [-0.25, -0.2) is 4.79 Å². The molecule has 5 nitrogen and oxygen atoms in total. The number of fused-ring (bicyclic) bond motifs is 1. The van der Waals surface area contributed by atoms with Gasteiger partial charge in [0, 0.05) is 0 Å². The smallest absolute Gasteiger partial charge is 0.330 e. The van der Waals surface area contributed by atoms with Crippen LogP contribution in [0.5, 0.6) is 0 Å². The van der Waals surface area contributed by atoms with Crippen LogP contribution in [0.1, 0.15) is 35.1 Å². The highest BCUT2D eigenvalue weighted by molar-refractivity contribution is 8.02. The van der Waals surface area contributed by atoms with Crippen LogP contribution in [0.2, 0.25) is 0 Å². The van der Waals surface area contributed by atoms with Gasteiger partial charge in [-0.15, -0.1) is 11.8 Å². The van der Waals surface area contributed by atoms with Gasteiger partial charge in [-0.3, -0.25) is 10.1 Å². The van der Waals surface area contributed by atoms with Gasteiger partial charge in [0.15, 0.2) is 0 Å². The highest BCUT2D eigenvalue weighted by atomic mass is 32.2. The van der Waals surface area contributed by atoms with Gasteiger partial charge in [-0.05, 0) is 46.6 Å². The molecule has 7 heteroatoms. The molecule has 0 bridgehead atoms. The summed E-state index contributed by atoms with van der Waals surface area (Å²) >= 11 is 3.73. The Balaban J connectivity index is 1.25. The molecular formula is C36H34N2O3S2. The van der Waals surface area contributed by atoms with E-state index in [0.29, 0.717) is 0 Å². The first-order chi connectivity index (χ1) is 21.1. The lowest BCUT2D eigenvalue weighted by Gasteiger charge is -2.49. The van der Waals surface area contributed by atoms with Gasteiger partial charge in [0.1, 0.15) is 24.1 Å². The second kappa shape index (κ2) is 11.9. The fourth-order valence-electron chi connectivity index (χ4n) is 6.87. The standard InChI is InChI=1S/C36H34N2O3S2/c39-32-30(37-36(27-15-7-2-8-16-27,28-17-9-3-10-18-28)29-19-11-4-12-20-29)33-38(32)31(35(43-33)21-23-42-24-22-35)34(40)41-25-26-13-5-1-6-14-26/h1-20,30-31,33,37H,21-25H2/t30?,31?,33-/m0/s1. The van der Waals surface area contributed by atoms with Crippen molar-refractivity contribution in [3.63, 3.8) is 0 Å². The summed E-state index contributed by atoms with van der Waals surface area (Å²) in [5, 5.41) is 3.74. The zero-order valence-electron chi connectivity index (χ0n) is 23.8. The van der Waals surface area contributed by atoms with Gasteiger partial charge in [-0.2, -0.15) is 11.8 Å². The van der Waals surface area contributed by atoms with Crippen molar-refractivity contribution in [1.82, 2.24) is 10.2 Å². The lowest BCUT2D eigenvalue weighted by molar-refractivity contribution is -0.165. The number of ether oxygens (including phenoxy) is 1. The molecule has 7 rings (SSSR count). The summed E-state index contributed by atoms with van der Waals surface area (Å²) in [6.45, 7) is 0.208. The van der Waals surface area contributed by atoms with Gasteiger partial charge in [-0.1, -0.05) is 121 Å². The molecule has 218 valence electrons. The molecule has 0 aromatic heterocycles. The molecule has 0 saturated carbocycles. The van der Waals surface area contributed by atoms with E-state index in [1.165, 1.54) is 0 Å². The lowest BCUT2D eigenvalue weighted by atomic mass is 9.76. The van der Waals surface area contributed by atoms with Crippen LogP contribution >= 0.6 is 23.5 Å². The van der Waals surface area contributed by atoms with Crippen molar-refractivity contribution in [1.29, 1.82) is 0 Å². The number of nitrogens with one attached hydrogen (secondary N) is 1. The maximum absolute atomic E-state index is 14.3. The Hall–Kier alpha value is -3.52. The summed E-state index contributed by atoms with van der Waals surface area (Å²) in [6, 6.07) is 39.8. The van der Waals surface area contributed by atoms with Crippen LogP contribution in [0.4, 0.5) is 0 Å². The first kappa shape index (κ1) is 28.3. The molecule has 2 unspecified atom stereocenters. The van der Waals surface area contributed by atoms with E-state index in [1.54, 1.807) is 0 Å². The van der Waals surface area contributed by atoms with E-state index in [2.05, 4.69) is 41.7 Å². The summed E-state index contributed by atoms with van der Waals surface area (Å²) in [6.07, 6.45) is 1.75. The molecule has 0 radical (unpaired) electrons. The minimum Gasteiger partial charge on any atom is -0.459 e. The average molecular weight is 607 g/mol. The number of carbonyl (C=O) groups excluding carboxylic acids is 2. The van der Waals surface area contributed by atoms with E-state index in [0.717, 1.165) is 46.6 Å². The molecule has 4 aromatic rings. The Labute approximate surface area is 261 Å². The van der Waals surface area contributed by atoms with Crippen LogP contribution < -0.4 is 5.32 Å². The second-order valence-electron chi connectivity index (χ2n) is 11.4. The molecule has 3 aliphatic rings. The van der Waals surface area contributed by atoms with Gasteiger partial charge < -0.3 is 9.64 Å². The number of β-lactam (4-membered cyclic amide) rings is 1. The van der Waals surface area contributed by atoms with E-state index < -0.39 is 17.6 Å². The summed E-state index contributed by atoms with van der Waals surface area (Å²) < 4.78 is 5.57. The van der Waals surface area contributed by atoms with Crippen LogP contribution in [-0.4, -0.2) is 50.5 Å². The minimum atomic E-state index is -0.766. The SMILES string of the molecule is O=C(OCc1ccccc1)C1N2C(=O)C(NC(c3ccccc3)(c3ccccc3)c3ccccc3)[C@@H]2SC12CCSCC2. The van der Waals surface area contributed by atoms with E-state index in [-0.39, 0.29) is 28.6 Å². The van der Waals surface area contributed by atoms with Crippen LogP contribution in [-0.2, 0) is 26.5 Å². The van der Waals surface area contributed by atoms with E-state index in [9.17, 15) is 9.59 Å². The quantitative estimate of drug-likeness (QED) is 0.146. The Morgan fingerprint density at radius 2 is 1.28 bits per heavy atom. The summed E-state index contributed by atoms with van der Waals surface area (Å²) in [7, 11) is 0. The first-order valence-electron chi connectivity index (χ1n) is 14.8. The maximum Gasteiger partial charge on any atom is 0.330 e. The number of esters is 1. The largest absolute Gasteiger partial charge is 0.459 e. The van der Waals surface area contributed by atoms with E-state index in [4.69, 9.17) is 4.74 Å². The molecular weight excluding hydrogens is 573 g/mol. The zero-order chi connectivity index (χ0) is 29.3. The highest BCUT2D eigenvalue weighted by Crippen LogP contribution is 2.57. The fraction of sp³-hybridized carbons (Fsp3) is 0.278. The zero-order valence-corrected chi connectivity index (χ0v) is 25.4. The molecule has 1 amide bonds. The summed E-state index contributed by atoms with van der Waals surface area (Å²) in [5.74, 6) is 1.62. The summed E-state index contributed by atoms with van der Waals surface area (Å²) in [5.41, 5.74) is 3.36. The van der Waals surface area contributed by atoms with Crippen LogP contribution in [0.15, 0.2) is 121 Å². The van der Waals surface area contributed by atoms with Gasteiger partial charge in [0.05, 0.1) is 10.3 Å². The minimum absolute atomic E-state index is 0.0403. The Bertz CT molecular complexity index is 1470. The Morgan fingerprint density at radius 3 is 1.79 bits per heavy atom. The lowest BCUT2D eigenvalue weighted by Crippen LogP contribution is -2.73. The Morgan fingerprint density at radius 1 is 0.791 bits per heavy atom.